The Bertz CT molecular complexity index is 1530. The summed E-state index contributed by atoms with van der Waals surface area (Å²) in [5.74, 6) is -0.227. The van der Waals surface area contributed by atoms with E-state index >= 15 is 0 Å². The first-order valence-electron chi connectivity index (χ1n) is 14.9. The average molecular weight is 583 g/mol. The van der Waals surface area contributed by atoms with Gasteiger partial charge in [0.25, 0.3) is 5.91 Å². The van der Waals surface area contributed by atoms with Crippen molar-refractivity contribution in [2.75, 3.05) is 32.1 Å². The highest BCUT2D eigenvalue weighted by molar-refractivity contribution is 6.03. The highest BCUT2D eigenvalue weighted by atomic mass is 16.7. The molecule has 1 aromatic heterocycles. The van der Waals surface area contributed by atoms with E-state index in [2.05, 4.69) is 27.1 Å². The third-order valence-electron chi connectivity index (χ3n) is 8.52. The first-order valence-corrected chi connectivity index (χ1v) is 14.9. The smallest absolute Gasteiger partial charge is 0.275 e. The number of para-hydroxylation sites is 2. The minimum atomic E-state index is -0.580. The van der Waals surface area contributed by atoms with Gasteiger partial charge >= 0.3 is 0 Å². The van der Waals surface area contributed by atoms with Crippen molar-refractivity contribution in [1.29, 1.82) is 0 Å². The largest absolute Gasteiger partial charge is 0.392 e. The number of likely N-dealkylation sites (tertiary alicyclic amines) is 1. The van der Waals surface area contributed by atoms with Crippen LogP contribution in [0.15, 0.2) is 79.0 Å². The van der Waals surface area contributed by atoms with E-state index in [1.807, 2.05) is 72.8 Å². The molecule has 0 spiro atoms. The summed E-state index contributed by atoms with van der Waals surface area (Å²) in [4.78, 5) is 24.2. The summed E-state index contributed by atoms with van der Waals surface area (Å²) in [7, 11) is 1.76. The zero-order valence-corrected chi connectivity index (χ0v) is 24.6. The lowest BCUT2D eigenvalue weighted by atomic mass is 9.90. The number of ether oxygens (including phenoxy) is 3. The fourth-order valence-corrected chi connectivity index (χ4v) is 6.06. The van der Waals surface area contributed by atoms with Gasteiger partial charge in [-0.1, -0.05) is 55.5 Å². The predicted octanol–water partition coefficient (Wildman–Crippen LogP) is 5.28. The summed E-state index contributed by atoms with van der Waals surface area (Å²) in [5, 5.41) is 12.5. The van der Waals surface area contributed by atoms with Crippen molar-refractivity contribution in [1.82, 2.24) is 14.9 Å². The molecule has 9 heteroatoms. The third-order valence-corrected chi connectivity index (χ3v) is 8.52. The van der Waals surface area contributed by atoms with Gasteiger partial charge in [0.2, 0.25) is 0 Å². The number of methoxy groups -OCH3 is 1. The second-order valence-electron chi connectivity index (χ2n) is 11.4. The molecule has 2 fully saturated rings. The van der Waals surface area contributed by atoms with Gasteiger partial charge in [-0.05, 0) is 54.8 Å². The van der Waals surface area contributed by atoms with Crippen LogP contribution in [0.5, 0.6) is 0 Å². The Morgan fingerprint density at radius 1 is 1.02 bits per heavy atom. The van der Waals surface area contributed by atoms with Crippen molar-refractivity contribution in [3.63, 3.8) is 0 Å². The molecular weight excluding hydrogens is 544 g/mol. The maximum atomic E-state index is 12.9. The second-order valence-corrected chi connectivity index (χ2v) is 11.4. The maximum Gasteiger partial charge on any atom is 0.275 e. The number of benzene rings is 3. The van der Waals surface area contributed by atoms with Crippen LogP contribution in [-0.2, 0) is 20.8 Å². The van der Waals surface area contributed by atoms with Crippen LogP contribution in [0.25, 0.3) is 11.0 Å². The van der Waals surface area contributed by atoms with E-state index in [1.54, 1.807) is 7.11 Å². The number of fused-ring (bicyclic) bond motifs is 1. The third kappa shape index (κ3) is 6.61. The van der Waals surface area contributed by atoms with Crippen LogP contribution in [0.1, 0.15) is 59.3 Å². The number of rotatable bonds is 9. The number of anilines is 1. The van der Waals surface area contributed by atoms with Gasteiger partial charge in [-0.2, -0.15) is 0 Å². The van der Waals surface area contributed by atoms with Crippen molar-refractivity contribution in [2.45, 2.75) is 50.9 Å². The molecule has 2 aliphatic heterocycles. The van der Waals surface area contributed by atoms with E-state index in [-0.39, 0.29) is 36.3 Å². The molecule has 3 heterocycles. The van der Waals surface area contributed by atoms with Gasteiger partial charge in [-0.25, -0.2) is 4.98 Å². The number of aromatic nitrogens is 2. The summed E-state index contributed by atoms with van der Waals surface area (Å²) in [5.41, 5.74) is 5.09. The molecule has 0 unspecified atom stereocenters. The average Bonchev–Trinajstić information content (AvgIpc) is 3.48. The van der Waals surface area contributed by atoms with E-state index in [4.69, 9.17) is 14.2 Å². The molecule has 0 saturated carbocycles. The number of aliphatic hydroxyl groups is 1. The lowest BCUT2D eigenvalue weighted by Gasteiger charge is -2.43. The van der Waals surface area contributed by atoms with Crippen LogP contribution < -0.4 is 5.32 Å². The Morgan fingerprint density at radius 2 is 1.77 bits per heavy atom. The monoisotopic (exact) mass is 582 g/mol. The summed E-state index contributed by atoms with van der Waals surface area (Å²) in [6.07, 6.45) is 2.93. The molecule has 1 amide bonds. The molecule has 4 aromatic rings. The Kier molecular flexibility index (Phi) is 9.06. The molecule has 0 radical (unpaired) electrons. The predicted molar refractivity (Wildman–Crippen MR) is 163 cm³/mol. The van der Waals surface area contributed by atoms with Gasteiger partial charge in [0, 0.05) is 36.9 Å². The second kappa shape index (κ2) is 13.3. The quantitative estimate of drug-likeness (QED) is 0.275. The molecule has 0 bridgehead atoms. The highest BCUT2D eigenvalue weighted by Crippen LogP contribution is 2.42. The van der Waals surface area contributed by atoms with Gasteiger partial charge in [-0.15, -0.1) is 0 Å². The Balaban J connectivity index is 1.20. The van der Waals surface area contributed by atoms with Crippen molar-refractivity contribution < 1.29 is 24.1 Å². The van der Waals surface area contributed by atoms with E-state index in [0.717, 1.165) is 48.1 Å². The Hall–Kier alpha value is -3.73. The van der Waals surface area contributed by atoms with Crippen LogP contribution in [-0.4, -0.2) is 64.8 Å². The van der Waals surface area contributed by atoms with Gasteiger partial charge in [0.15, 0.2) is 6.29 Å². The lowest BCUT2D eigenvalue weighted by Crippen LogP contribution is -2.46. The summed E-state index contributed by atoms with van der Waals surface area (Å²) < 4.78 is 18.8. The van der Waals surface area contributed by atoms with E-state index in [9.17, 15) is 9.90 Å². The lowest BCUT2D eigenvalue weighted by molar-refractivity contribution is -0.276. The minimum absolute atomic E-state index is 0.00188. The molecule has 2 saturated heterocycles. The zero-order valence-electron chi connectivity index (χ0n) is 24.6. The standard InChI is InChI=1S/C34H38N4O5/c1-22-31(19-38-17-5-6-27(38)21-41-2)42-34(43-32(22)24-11-9-23(20-39)10-12-24)25-13-15-26(16-14-25)36-33(40)30-18-35-28-7-3-4-8-29(28)37-30/h3-4,7-16,18,22,27,31-32,34,39H,5-6,17,19-21H2,1-2H3,(H,36,40)/t22-,27-,31+,32+,34+/m0/s1. The van der Waals surface area contributed by atoms with Crippen LogP contribution in [0.2, 0.25) is 0 Å². The molecule has 43 heavy (non-hydrogen) atoms. The molecule has 224 valence electrons. The highest BCUT2D eigenvalue weighted by Gasteiger charge is 2.40. The number of nitrogens with one attached hydrogen (secondary N) is 1. The fraction of sp³-hybridized carbons (Fsp3) is 0.382. The number of carbonyl (C=O) groups excluding carboxylic acids is 1. The van der Waals surface area contributed by atoms with Crippen LogP contribution in [0.4, 0.5) is 5.69 Å². The minimum Gasteiger partial charge on any atom is -0.392 e. The van der Waals surface area contributed by atoms with Crippen LogP contribution >= 0.6 is 0 Å². The number of aliphatic hydroxyl groups excluding tert-OH is 1. The summed E-state index contributed by atoms with van der Waals surface area (Å²) >= 11 is 0. The molecule has 5 atom stereocenters. The number of hydrogen-bond acceptors (Lipinski definition) is 8. The van der Waals surface area contributed by atoms with E-state index < -0.39 is 6.29 Å². The molecule has 0 aliphatic carbocycles. The van der Waals surface area contributed by atoms with Crippen molar-refractivity contribution in [2.24, 2.45) is 5.92 Å². The normalized spacial score (nSPS) is 24.3. The van der Waals surface area contributed by atoms with Crippen molar-refractivity contribution in [3.05, 3.63) is 101 Å². The molecule has 3 aromatic carbocycles. The molecule has 2 N–H and O–H groups in total. The zero-order chi connectivity index (χ0) is 29.8. The molecule has 2 aliphatic rings. The maximum absolute atomic E-state index is 12.9. The molecule has 6 rings (SSSR count). The summed E-state index contributed by atoms with van der Waals surface area (Å²) in [6, 6.07) is 23.3. The SMILES string of the molecule is COC[C@@H]1CCCN1C[C@H]1O[C@@H](c2ccc(NC(=O)c3cnc4ccccc4n3)cc2)O[C@@H](c2ccc(CO)cc2)[C@H]1C. The number of nitrogens with zero attached hydrogens (tertiary/aromatic N) is 3. The fourth-order valence-electron chi connectivity index (χ4n) is 6.06. The van der Waals surface area contributed by atoms with Crippen molar-refractivity contribution in [3.8, 4) is 0 Å². The van der Waals surface area contributed by atoms with Crippen LogP contribution in [0, 0.1) is 5.92 Å². The first-order chi connectivity index (χ1) is 21.0. The van der Waals surface area contributed by atoms with E-state index in [0.29, 0.717) is 23.9 Å². The number of amides is 1. The van der Waals surface area contributed by atoms with Gasteiger partial charge < -0.3 is 24.6 Å². The van der Waals surface area contributed by atoms with E-state index in [1.165, 1.54) is 6.20 Å². The Morgan fingerprint density at radius 3 is 2.51 bits per heavy atom. The van der Waals surface area contributed by atoms with Crippen LogP contribution in [0.3, 0.4) is 0 Å². The molecule has 9 nitrogen and oxygen atoms in total. The Labute approximate surface area is 251 Å². The topological polar surface area (TPSA) is 106 Å². The van der Waals surface area contributed by atoms with Gasteiger partial charge in [0.1, 0.15) is 5.69 Å². The summed E-state index contributed by atoms with van der Waals surface area (Å²) in [6.45, 7) is 4.72. The molecular formula is C34H38N4O5. The van der Waals surface area contributed by atoms with Gasteiger partial charge in [-0.3, -0.25) is 14.7 Å². The van der Waals surface area contributed by atoms with Crippen molar-refractivity contribution >= 4 is 22.6 Å². The first kappa shape index (κ1) is 29.3. The number of carbonyl (C=O) groups is 1. The number of hydrogen-bond donors (Lipinski definition) is 2. The van der Waals surface area contributed by atoms with Gasteiger partial charge in [0.05, 0.1) is 42.7 Å².